The fourth-order valence-electron chi connectivity index (χ4n) is 3.79. The average molecular weight is 325 g/mol. The van der Waals surface area contributed by atoms with Gasteiger partial charge in [-0.25, -0.2) is 4.79 Å². The summed E-state index contributed by atoms with van der Waals surface area (Å²) in [6, 6.07) is 0.638. The second kappa shape index (κ2) is 7.00. The van der Waals surface area contributed by atoms with Crippen molar-refractivity contribution in [2.24, 2.45) is 11.3 Å². The van der Waals surface area contributed by atoms with Crippen LogP contribution in [-0.2, 0) is 4.74 Å². The van der Waals surface area contributed by atoms with Gasteiger partial charge in [0.2, 0.25) is 0 Å². The second-order valence-corrected chi connectivity index (χ2v) is 9.40. The van der Waals surface area contributed by atoms with E-state index in [2.05, 4.69) is 25.7 Å². The molecule has 4 nitrogen and oxygen atoms in total. The number of piperidine rings is 2. The van der Waals surface area contributed by atoms with Crippen LogP contribution in [0.15, 0.2) is 0 Å². The minimum atomic E-state index is -0.402. The lowest BCUT2D eigenvalue weighted by atomic mass is 9.76. The minimum Gasteiger partial charge on any atom is -0.444 e. The molecule has 0 radical (unpaired) electrons. The fraction of sp³-hybridized carbons (Fsp3) is 0.947. The molecule has 0 aliphatic carbocycles. The Kier molecular flexibility index (Phi) is 5.65. The highest BCUT2D eigenvalue weighted by atomic mass is 16.6. The highest BCUT2D eigenvalue weighted by Gasteiger charge is 2.34. The van der Waals surface area contributed by atoms with Gasteiger partial charge in [-0.05, 0) is 64.3 Å². The van der Waals surface area contributed by atoms with E-state index in [1.165, 1.54) is 25.9 Å². The Morgan fingerprint density at radius 3 is 2.09 bits per heavy atom. The van der Waals surface area contributed by atoms with Crippen molar-refractivity contribution >= 4 is 6.09 Å². The third kappa shape index (κ3) is 5.37. The van der Waals surface area contributed by atoms with Crippen LogP contribution < -0.4 is 0 Å². The summed E-state index contributed by atoms with van der Waals surface area (Å²) in [5.41, 5.74) is -0.00335. The quantitative estimate of drug-likeness (QED) is 0.726. The van der Waals surface area contributed by atoms with Crippen LogP contribution in [0.1, 0.15) is 67.2 Å². The fourth-order valence-corrected chi connectivity index (χ4v) is 3.79. The van der Waals surface area contributed by atoms with Gasteiger partial charge in [0.05, 0.1) is 0 Å². The standard InChI is InChI=1S/C19H36N2O2/c1-18(2,3)15-8-7-11-21(14-15)16-9-12-20(13-10-16)17(22)23-19(4,5)6/h15-16H,7-14H2,1-6H3/t15-/m0/s1. The molecule has 2 fully saturated rings. The van der Waals surface area contributed by atoms with Crippen LogP contribution in [0, 0.1) is 11.3 Å². The molecular weight excluding hydrogens is 288 g/mol. The van der Waals surface area contributed by atoms with E-state index in [9.17, 15) is 4.79 Å². The summed E-state index contributed by atoms with van der Waals surface area (Å²) in [6.45, 7) is 17.0. The van der Waals surface area contributed by atoms with Gasteiger partial charge < -0.3 is 9.64 Å². The van der Waals surface area contributed by atoms with Gasteiger partial charge in [0, 0.05) is 25.7 Å². The molecule has 0 unspecified atom stereocenters. The number of carbonyl (C=O) groups excluding carboxylic acids is 1. The largest absolute Gasteiger partial charge is 0.444 e. The van der Waals surface area contributed by atoms with E-state index in [4.69, 9.17) is 4.74 Å². The lowest BCUT2D eigenvalue weighted by Gasteiger charge is -2.45. The molecule has 0 aromatic carbocycles. The molecule has 4 heteroatoms. The van der Waals surface area contributed by atoms with E-state index in [0.717, 1.165) is 31.8 Å². The highest BCUT2D eigenvalue weighted by molar-refractivity contribution is 5.68. The van der Waals surface area contributed by atoms with Crippen molar-refractivity contribution in [1.82, 2.24) is 9.80 Å². The summed E-state index contributed by atoms with van der Waals surface area (Å²) in [5, 5.41) is 0. The Balaban J connectivity index is 1.83. The maximum absolute atomic E-state index is 12.2. The van der Waals surface area contributed by atoms with Crippen LogP contribution in [0.5, 0.6) is 0 Å². The van der Waals surface area contributed by atoms with Crippen LogP contribution in [0.25, 0.3) is 0 Å². The molecule has 0 N–H and O–H groups in total. The smallest absolute Gasteiger partial charge is 0.410 e. The average Bonchev–Trinajstić information content (AvgIpc) is 2.45. The van der Waals surface area contributed by atoms with E-state index >= 15 is 0 Å². The minimum absolute atomic E-state index is 0.151. The first-order valence-corrected chi connectivity index (χ1v) is 9.28. The zero-order chi connectivity index (χ0) is 17.3. The summed E-state index contributed by atoms with van der Waals surface area (Å²) in [5.74, 6) is 0.792. The summed E-state index contributed by atoms with van der Waals surface area (Å²) in [4.78, 5) is 16.7. The zero-order valence-corrected chi connectivity index (χ0v) is 16.0. The first-order chi connectivity index (χ1) is 10.6. The predicted octanol–water partition coefficient (Wildman–Crippen LogP) is 4.14. The summed E-state index contributed by atoms with van der Waals surface area (Å²) < 4.78 is 5.49. The number of hydrogen-bond acceptors (Lipinski definition) is 3. The second-order valence-electron chi connectivity index (χ2n) is 9.40. The maximum Gasteiger partial charge on any atom is 0.410 e. The molecule has 0 saturated carbocycles. The van der Waals surface area contributed by atoms with Gasteiger partial charge in [0.15, 0.2) is 0 Å². The first kappa shape index (κ1) is 18.6. The lowest BCUT2D eigenvalue weighted by Crippen LogP contribution is -2.51. The molecule has 2 saturated heterocycles. The van der Waals surface area contributed by atoms with Crippen LogP contribution >= 0.6 is 0 Å². The van der Waals surface area contributed by atoms with Crippen molar-refractivity contribution in [2.45, 2.75) is 78.9 Å². The number of amides is 1. The van der Waals surface area contributed by atoms with Crippen LogP contribution in [0.4, 0.5) is 4.79 Å². The molecular formula is C19H36N2O2. The van der Waals surface area contributed by atoms with E-state index in [1.54, 1.807) is 0 Å². The summed E-state index contributed by atoms with van der Waals surface area (Å²) in [6.07, 6.45) is 4.68. The molecule has 2 rings (SSSR count). The molecule has 1 atom stereocenters. The van der Waals surface area contributed by atoms with Crippen molar-refractivity contribution in [3.05, 3.63) is 0 Å². The molecule has 134 valence electrons. The number of rotatable bonds is 1. The molecule has 23 heavy (non-hydrogen) atoms. The number of likely N-dealkylation sites (tertiary alicyclic amines) is 2. The normalized spacial score (nSPS) is 25.5. The SMILES string of the molecule is CC(C)(C)OC(=O)N1CCC(N2CCC[C@H](C(C)(C)C)C2)CC1. The Bertz CT molecular complexity index is 401. The van der Waals surface area contributed by atoms with Gasteiger partial charge in [0.1, 0.15) is 5.60 Å². The Morgan fingerprint density at radius 1 is 0.957 bits per heavy atom. The molecule has 2 heterocycles. The highest BCUT2D eigenvalue weighted by Crippen LogP contribution is 2.35. The maximum atomic E-state index is 12.2. The topological polar surface area (TPSA) is 32.8 Å². The lowest BCUT2D eigenvalue weighted by molar-refractivity contribution is 0.00649. The molecule has 1 amide bonds. The third-order valence-corrected chi connectivity index (χ3v) is 5.31. The van der Waals surface area contributed by atoms with Crippen molar-refractivity contribution in [3.8, 4) is 0 Å². The molecule has 0 aromatic rings. The van der Waals surface area contributed by atoms with Crippen molar-refractivity contribution in [2.75, 3.05) is 26.2 Å². The molecule has 0 aromatic heterocycles. The predicted molar refractivity (Wildman–Crippen MR) is 94.6 cm³/mol. The van der Waals surface area contributed by atoms with Crippen LogP contribution in [0.3, 0.4) is 0 Å². The van der Waals surface area contributed by atoms with Gasteiger partial charge in [0.25, 0.3) is 0 Å². The van der Waals surface area contributed by atoms with Gasteiger partial charge in [-0.2, -0.15) is 0 Å². The third-order valence-electron chi connectivity index (χ3n) is 5.31. The van der Waals surface area contributed by atoms with E-state index < -0.39 is 5.60 Å². The monoisotopic (exact) mass is 324 g/mol. The molecule has 2 aliphatic rings. The Labute approximate surface area is 142 Å². The van der Waals surface area contributed by atoms with Crippen molar-refractivity contribution in [3.63, 3.8) is 0 Å². The van der Waals surface area contributed by atoms with E-state index in [1.807, 2.05) is 25.7 Å². The number of nitrogens with zero attached hydrogens (tertiary/aromatic N) is 2. The van der Waals surface area contributed by atoms with Gasteiger partial charge >= 0.3 is 6.09 Å². The first-order valence-electron chi connectivity index (χ1n) is 9.28. The molecule has 0 spiro atoms. The van der Waals surface area contributed by atoms with E-state index in [0.29, 0.717) is 11.5 Å². The molecule has 0 bridgehead atoms. The number of ether oxygens (including phenoxy) is 1. The Morgan fingerprint density at radius 2 is 1.57 bits per heavy atom. The summed E-state index contributed by atoms with van der Waals surface area (Å²) in [7, 11) is 0. The molecule has 2 aliphatic heterocycles. The van der Waals surface area contributed by atoms with Gasteiger partial charge in [-0.3, -0.25) is 4.90 Å². The van der Waals surface area contributed by atoms with Gasteiger partial charge in [-0.15, -0.1) is 0 Å². The van der Waals surface area contributed by atoms with E-state index in [-0.39, 0.29) is 6.09 Å². The summed E-state index contributed by atoms with van der Waals surface area (Å²) >= 11 is 0. The number of hydrogen-bond donors (Lipinski definition) is 0. The Hall–Kier alpha value is -0.770. The van der Waals surface area contributed by atoms with Crippen molar-refractivity contribution < 1.29 is 9.53 Å². The van der Waals surface area contributed by atoms with Crippen LogP contribution in [-0.4, -0.2) is 53.7 Å². The zero-order valence-electron chi connectivity index (χ0n) is 16.0. The van der Waals surface area contributed by atoms with Gasteiger partial charge in [-0.1, -0.05) is 20.8 Å². The van der Waals surface area contributed by atoms with Crippen molar-refractivity contribution in [1.29, 1.82) is 0 Å². The van der Waals surface area contributed by atoms with Crippen LogP contribution in [0.2, 0.25) is 0 Å². The number of carbonyl (C=O) groups is 1.